The lowest BCUT2D eigenvalue weighted by molar-refractivity contribution is -0.136. The molecule has 3 nitrogen and oxygen atoms in total. The van der Waals surface area contributed by atoms with E-state index in [1.54, 1.807) is 18.2 Å². The number of rotatable bonds is 5. The summed E-state index contributed by atoms with van der Waals surface area (Å²) in [5.41, 5.74) is 2.20. The van der Waals surface area contributed by atoms with Crippen molar-refractivity contribution in [2.75, 3.05) is 5.32 Å². The third-order valence-corrected chi connectivity index (χ3v) is 3.17. The summed E-state index contributed by atoms with van der Waals surface area (Å²) in [6.45, 7) is 0.421. The van der Waals surface area contributed by atoms with Crippen molar-refractivity contribution in [1.82, 2.24) is 0 Å². The second kappa shape index (κ2) is 6.39. The van der Waals surface area contributed by atoms with E-state index < -0.39 is 11.8 Å². The Bertz CT molecular complexity index is 631. The first kappa shape index (κ1) is 14.3. The summed E-state index contributed by atoms with van der Waals surface area (Å²) in [5.74, 6) is -1.37. The van der Waals surface area contributed by atoms with Gasteiger partial charge in [-0.05, 0) is 29.3 Å². The minimum absolute atomic E-state index is 0.0349. The quantitative estimate of drug-likeness (QED) is 0.883. The normalized spacial score (nSPS) is 10.3. The second-order valence-corrected chi connectivity index (χ2v) is 4.73. The third kappa shape index (κ3) is 3.71. The van der Waals surface area contributed by atoms with Crippen LogP contribution in [-0.4, -0.2) is 11.1 Å². The second-order valence-electron chi connectivity index (χ2n) is 4.32. The van der Waals surface area contributed by atoms with Crippen LogP contribution in [0.25, 0.3) is 0 Å². The van der Waals surface area contributed by atoms with Crippen LogP contribution >= 0.6 is 11.6 Å². The average molecular weight is 294 g/mol. The molecule has 0 spiro atoms. The SMILES string of the molecule is O=C(O)Cc1ccccc1CNc1ccc(Cl)c(F)c1. The molecule has 5 heteroatoms. The molecule has 2 rings (SSSR count). The summed E-state index contributed by atoms with van der Waals surface area (Å²) in [4.78, 5) is 10.8. The Morgan fingerprint density at radius 2 is 1.90 bits per heavy atom. The van der Waals surface area contributed by atoms with Crippen molar-refractivity contribution < 1.29 is 14.3 Å². The summed E-state index contributed by atoms with van der Waals surface area (Å²) in [6.07, 6.45) is -0.0349. The number of halogens is 2. The van der Waals surface area contributed by atoms with Crippen LogP contribution in [-0.2, 0) is 17.8 Å². The molecular weight excluding hydrogens is 281 g/mol. The monoisotopic (exact) mass is 293 g/mol. The van der Waals surface area contributed by atoms with Crippen molar-refractivity contribution in [2.45, 2.75) is 13.0 Å². The number of hydrogen-bond acceptors (Lipinski definition) is 2. The van der Waals surface area contributed by atoms with Gasteiger partial charge >= 0.3 is 5.97 Å². The van der Waals surface area contributed by atoms with Crippen LogP contribution in [0, 0.1) is 5.82 Å². The van der Waals surface area contributed by atoms with Gasteiger partial charge in [-0.2, -0.15) is 0 Å². The van der Waals surface area contributed by atoms with Gasteiger partial charge in [0.2, 0.25) is 0 Å². The highest BCUT2D eigenvalue weighted by Gasteiger charge is 2.06. The van der Waals surface area contributed by atoms with Gasteiger partial charge < -0.3 is 10.4 Å². The molecule has 0 aliphatic carbocycles. The van der Waals surface area contributed by atoms with Gasteiger partial charge in [-0.1, -0.05) is 35.9 Å². The summed E-state index contributed by atoms with van der Waals surface area (Å²) in [7, 11) is 0. The molecule has 0 aromatic heterocycles. The van der Waals surface area contributed by atoms with E-state index in [1.807, 2.05) is 12.1 Å². The summed E-state index contributed by atoms with van der Waals surface area (Å²) < 4.78 is 13.3. The molecule has 0 fully saturated rings. The highest BCUT2D eigenvalue weighted by Crippen LogP contribution is 2.20. The van der Waals surface area contributed by atoms with Crippen molar-refractivity contribution in [3.05, 3.63) is 64.4 Å². The van der Waals surface area contributed by atoms with Crippen LogP contribution in [0.4, 0.5) is 10.1 Å². The standard InChI is InChI=1S/C15H13ClFNO2/c16-13-6-5-12(8-14(13)17)18-9-11-4-2-1-3-10(11)7-15(19)20/h1-6,8,18H,7,9H2,(H,19,20). The van der Waals surface area contributed by atoms with Crippen molar-refractivity contribution in [3.8, 4) is 0 Å². The molecule has 0 aliphatic rings. The van der Waals surface area contributed by atoms with Crippen LogP contribution in [0.15, 0.2) is 42.5 Å². The Hall–Kier alpha value is -2.07. The number of carbonyl (C=O) groups is 1. The highest BCUT2D eigenvalue weighted by atomic mass is 35.5. The zero-order valence-electron chi connectivity index (χ0n) is 10.6. The fourth-order valence-corrected chi connectivity index (χ4v) is 1.99. The van der Waals surface area contributed by atoms with Gasteiger partial charge in [0.05, 0.1) is 11.4 Å². The molecule has 0 saturated heterocycles. The molecule has 20 heavy (non-hydrogen) atoms. The fraction of sp³-hybridized carbons (Fsp3) is 0.133. The van der Waals surface area contributed by atoms with E-state index in [0.29, 0.717) is 12.2 Å². The number of nitrogens with one attached hydrogen (secondary N) is 1. The van der Waals surface area contributed by atoms with E-state index in [2.05, 4.69) is 5.32 Å². The van der Waals surface area contributed by atoms with Crippen molar-refractivity contribution in [1.29, 1.82) is 0 Å². The van der Waals surface area contributed by atoms with Crippen LogP contribution in [0.2, 0.25) is 5.02 Å². The summed E-state index contributed by atoms with van der Waals surface area (Å²) in [6, 6.07) is 11.7. The molecule has 0 unspecified atom stereocenters. The minimum atomic E-state index is -0.880. The Balaban J connectivity index is 2.10. The molecule has 2 aromatic rings. The van der Waals surface area contributed by atoms with Crippen LogP contribution < -0.4 is 5.32 Å². The Kier molecular flexibility index (Phi) is 4.58. The lowest BCUT2D eigenvalue weighted by Gasteiger charge is -2.10. The molecule has 0 radical (unpaired) electrons. The number of carboxylic acids is 1. The van der Waals surface area contributed by atoms with E-state index in [-0.39, 0.29) is 11.4 Å². The first-order chi connectivity index (χ1) is 9.56. The first-order valence-electron chi connectivity index (χ1n) is 6.04. The van der Waals surface area contributed by atoms with E-state index in [0.717, 1.165) is 11.1 Å². The predicted molar refractivity (Wildman–Crippen MR) is 76.5 cm³/mol. The third-order valence-electron chi connectivity index (χ3n) is 2.86. The van der Waals surface area contributed by atoms with Gasteiger partial charge in [-0.15, -0.1) is 0 Å². The number of carboxylic acid groups (broad SMARTS) is 1. The molecule has 0 atom stereocenters. The molecule has 2 aromatic carbocycles. The van der Waals surface area contributed by atoms with Gasteiger partial charge in [0.25, 0.3) is 0 Å². The smallest absolute Gasteiger partial charge is 0.307 e. The molecule has 2 N–H and O–H groups in total. The topological polar surface area (TPSA) is 49.3 Å². The summed E-state index contributed by atoms with van der Waals surface area (Å²) >= 11 is 5.61. The largest absolute Gasteiger partial charge is 0.481 e. The lowest BCUT2D eigenvalue weighted by atomic mass is 10.0. The van der Waals surface area contributed by atoms with E-state index in [9.17, 15) is 9.18 Å². The number of hydrogen-bond donors (Lipinski definition) is 2. The van der Waals surface area contributed by atoms with Gasteiger partial charge in [0.15, 0.2) is 0 Å². The van der Waals surface area contributed by atoms with Crippen LogP contribution in [0.5, 0.6) is 0 Å². The highest BCUT2D eigenvalue weighted by molar-refractivity contribution is 6.30. The Morgan fingerprint density at radius 3 is 2.55 bits per heavy atom. The predicted octanol–water partition coefficient (Wildman–Crippen LogP) is 3.72. The number of benzene rings is 2. The Labute approximate surface area is 121 Å². The average Bonchev–Trinajstić information content (AvgIpc) is 2.41. The summed E-state index contributed by atoms with van der Waals surface area (Å²) in [5, 5.41) is 12.0. The molecular formula is C15H13ClFNO2. The molecule has 0 bridgehead atoms. The van der Waals surface area contributed by atoms with Crippen molar-refractivity contribution in [3.63, 3.8) is 0 Å². The number of anilines is 1. The minimum Gasteiger partial charge on any atom is -0.481 e. The van der Waals surface area contributed by atoms with Crippen molar-refractivity contribution >= 4 is 23.3 Å². The maximum Gasteiger partial charge on any atom is 0.307 e. The molecule has 0 heterocycles. The zero-order chi connectivity index (χ0) is 14.5. The zero-order valence-corrected chi connectivity index (χ0v) is 11.3. The van der Waals surface area contributed by atoms with E-state index in [1.165, 1.54) is 12.1 Å². The van der Waals surface area contributed by atoms with E-state index >= 15 is 0 Å². The van der Waals surface area contributed by atoms with Gasteiger partial charge in [0.1, 0.15) is 5.82 Å². The molecule has 104 valence electrons. The van der Waals surface area contributed by atoms with E-state index in [4.69, 9.17) is 16.7 Å². The molecule has 0 saturated carbocycles. The maximum atomic E-state index is 13.3. The first-order valence-corrected chi connectivity index (χ1v) is 6.41. The maximum absolute atomic E-state index is 13.3. The van der Waals surface area contributed by atoms with Gasteiger partial charge in [0, 0.05) is 12.2 Å². The molecule has 0 aliphatic heterocycles. The van der Waals surface area contributed by atoms with Crippen molar-refractivity contribution in [2.24, 2.45) is 0 Å². The molecule has 0 amide bonds. The van der Waals surface area contributed by atoms with Gasteiger partial charge in [-0.25, -0.2) is 4.39 Å². The lowest BCUT2D eigenvalue weighted by Crippen LogP contribution is -2.07. The fourth-order valence-electron chi connectivity index (χ4n) is 1.87. The Morgan fingerprint density at radius 1 is 1.20 bits per heavy atom. The number of aliphatic carboxylic acids is 1. The van der Waals surface area contributed by atoms with Gasteiger partial charge in [-0.3, -0.25) is 4.79 Å². The van der Waals surface area contributed by atoms with Crippen LogP contribution in [0.3, 0.4) is 0 Å². The van der Waals surface area contributed by atoms with Crippen LogP contribution in [0.1, 0.15) is 11.1 Å².